The molecular weight excluding hydrogens is 274 g/mol. The van der Waals surface area contributed by atoms with Crippen molar-refractivity contribution in [2.75, 3.05) is 0 Å². The summed E-state index contributed by atoms with van der Waals surface area (Å²) >= 11 is 0. The van der Waals surface area contributed by atoms with Gasteiger partial charge < -0.3 is 13.6 Å². The Morgan fingerprint density at radius 3 is 1.15 bits per heavy atom. The van der Waals surface area contributed by atoms with Crippen LogP contribution in [0.1, 0.15) is 60.8 Å². The fraction of sp³-hybridized carbons (Fsp3) is 0.769. The zero-order chi connectivity index (χ0) is 15.6. The van der Waals surface area contributed by atoms with Crippen molar-refractivity contribution in [2.45, 2.75) is 67.4 Å². The van der Waals surface area contributed by atoms with Crippen molar-refractivity contribution < 1.29 is 13.6 Å². The van der Waals surface area contributed by atoms with E-state index in [1.54, 1.807) is 6.55 Å². The lowest BCUT2D eigenvalue weighted by Crippen LogP contribution is -2.38. The molecule has 0 aliphatic carbocycles. The molecule has 0 unspecified atom stereocenters. The summed E-state index contributed by atoms with van der Waals surface area (Å²) in [4.78, 5) is 0. The van der Waals surface area contributed by atoms with Gasteiger partial charge in [0.1, 0.15) is 0 Å². The number of oxime groups is 3. The summed E-state index contributed by atoms with van der Waals surface area (Å²) in [5, 5.41) is 12.0. The molecule has 116 valence electrons. The van der Waals surface area contributed by atoms with Gasteiger partial charge in [-0.15, -0.1) is 15.5 Å². The van der Waals surface area contributed by atoms with Crippen LogP contribution in [0.5, 0.6) is 0 Å². The predicted molar refractivity (Wildman–Crippen MR) is 85.1 cm³/mol. The molecule has 0 aliphatic heterocycles. The first kappa shape index (κ1) is 18.6. The summed E-state index contributed by atoms with van der Waals surface area (Å²) in [6, 6.07) is 0. The Hall–Kier alpha value is -1.37. The molecule has 0 rings (SSSR count). The first-order valence-electron chi connectivity index (χ1n) is 7.01. The minimum absolute atomic E-state index is 0.805. The summed E-state index contributed by atoms with van der Waals surface area (Å²) in [6.07, 6.45) is 2.41. The van der Waals surface area contributed by atoms with Gasteiger partial charge in [0.2, 0.25) is 0 Å². The minimum atomic E-state index is -3.05. The molecule has 0 fully saturated rings. The molecule has 0 amide bonds. The van der Waals surface area contributed by atoms with E-state index >= 15 is 0 Å². The highest BCUT2D eigenvalue weighted by Crippen LogP contribution is 2.12. The lowest BCUT2D eigenvalue weighted by Gasteiger charge is -2.18. The van der Waals surface area contributed by atoms with Gasteiger partial charge in [0.05, 0.1) is 17.1 Å². The molecule has 0 aromatic heterocycles. The van der Waals surface area contributed by atoms with Crippen molar-refractivity contribution in [3.8, 4) is 0 Å². The molecule has 0 aromatic rings. The molecular formula is C13H27N3O3Si. The zero-order valence-electron chi connectivity index (χ0n) is 13.7. The van der Waals surface area contributed by atoms with Crippen molar-refractivity contribution >= 4 is 25.9 Å². The molecule has 7 heteroatoms. The average molecular weight is 301 g/mol. The molecule has 0 saturated heterocycles. The van der Waals surface area contributed by atoms with Crippen LogP contribution in [0.3, 0.4) is 0 Å². The van der Waals surface area contributed by atoms with Crippen LogP contribution in [0.25, 0.3) is 0 Å². The van der Waals surface area contributed by atoms with Gasteiger partial charge in [0.25, 0.3) is 0 Å². The molecule has 20 heavy (non-hydrogen) atoms. The van der Waals surface area contributed by atoms with Gasteiger partial charge in [-0.1, -0.05) is 20.8 Å². The Morgan fingerprint density at radius 2 is 0.950 bits per heavy atom. The van der Waals surface area contributed by atoms with Crippen molar-refractivity contribution in [3.63, 3.8) is 0 Å². The van der Waals surface area contributed by atoms with Crippen LogP contribution >= 0.6 is 0 Å². The Morgan fingerprint density at radius 1 is 0.700 bits per heavy atom. The highest BCUT2D eigenvalue weighted by molar-refractivity contribution is 6.59. The number of hydrogen-bond acceptors (Lipinski definition) is 6. The van der Waals surface area contributed by atoms with Crippen LogP contribution in [0.15, 0.2) is 15.5 Å². The molecule has 0 N–H and O–H groups in total. The Labute approximate surface area is 123 Å². The average Bonchev–Trinajstić information content (AvgIpc) is 2.47. The van der Waals surface area contributed by atoms with E-state index in [0.29, 0.717) is 0 Å². The molecule has 0 radical (unpaired) electrons. The smallest absolute Gasteiger partial charge is 0.373 e. The number of rotatable bonds is 9. The molecule has 0 bridgehead atoms. The first-order chi connectivity index (χ1) is 9.36. The van der Waals surface area contributed by atoms with E-state index in [1.165, 1.54) is 0 Å². The number of hydrogen-bond donors (Lipinski definition) is 0. The summed E-state index contributed by atoms with van der Waals surface area (Å²) in [5.74, 6) is 0. The molecule has 0 atom stereocenters. The topological polar surface area (TPSA) is 64.8 Å². The summed E-state index contributed by atoms with van der Waals surface area (Å²) in [5.41, 5.74) is 2.59. The molecule has 0 spiro atoms. The van der Waals surface area contributed by atoms with Gasteiger partial charge in [-0.25, -0.2) is 0 Å². The Kier molecular flexibility index (Phi) is 8.86. The van der Waals surface area contributed by atoms with Gasteiger partial charge in [-0.3, -0.25) is 0 Å². The Balaban J connectivity index is 4.92. The van der Waals surface area contributed by atoms with Crippen LogP contribution < -0.4 is 0 Å². The largest absolute Gasteiger partial charge is 0.759 e. The maximum Gasteiger partial charge on any atom is 0.759 e. The number of nitrogens with zero attached hydrogens (tertiary/aromatic N) is 3. The fourth-order valence-electron chi connectivity index (χ4n) is 0.726. The summed E-state index contributed by atoms with van der Waals surface area (Å²) in [6.45, 7) is 13.4. The van der Waals surface area contributed by atoms with Crippen LogP contribution in [-0.2, 0) is 13.6 Å². The van der Waals surface area contributed by atoms with E-state index in [4.69, 9.17) is 13.6 Å². The lowest BCUT2D eigenvalue weighted by atomic mass is 10.3. The van der Waals surface area contributed by atoms with E-state index in [1.807, 2.05) is 41.5 Å². The van der Waals surface area contributed by atoms with E-state index < -0.39 is 8.80 Å². The van der Waals surface area contributed by atoms with Gasteiger partial charge in [0, 0.05) is 6.55 Å². The maximum atomic E-state index is 5.44. The van der Waals surface area contributed by atoms with Crippen LogP contribution in [-0.4, -0.2) is 25.9 Å². The van der Waals surface area contributed by atoms with Crippen molar-refractivity contribution in [2.24, 2.45) is 15.5 Å². The minimum Gasteiger partial charge on any atom is -0.373 e. The van der Waals surface area contributed by atoms with Crippen molar-refractivity contribution in [1.82, 2.24) is 0 Å². The highest BCUT2D eigenvalue weighted by atomic mass is 28.4. The lowest BCUT2D eigenvalue weighted by molar-refractivity contribution is 0.0723. The third-order valence-corrected chi connectivity index (χ3v) is 3.91. The highest BCUT2D eigenvalue weighted by Gasteiger charge is 2.45. The predicted octanol–water partition coefficient (Wildman–Crippen LogP) is 3.96. The maximum absolute atomic E-state index is 5.44. The molecule has 0 aromatic carbocycles. The fourth-order valence-corrected chi connectivity index (χ4v) is 1.79. The van der Waals surface area contributed by atoms with Gasteiger partial charge in [0.15, 0.2) is 0 Å². The molecule has 0 aliphatic rings. The third kappa shape index (κ3) is 7.93. The van der Waals surface area contributed by atoms with Gasteiger partial charge in [-0.05, 0) is 40.0 Å². The second-order valence-electron chi connectivity index (χ2n) is 4.68. The monoisotopic (exact) mass is 301 g/mol. The standard InChI is InChI=1S/C13H27N3O3Si/c1-8-11(4)14-17-20(7,18-15-12(5)9-2)19-16-13(6)10-3/h8-10H2,1-7H3/b14-11+,15-12+,16-13?. The second-order valence-corrected chi connectivity index (χ2v) is 6.95. The van der Waals surface area contributed by atoms with E-state index in [0.717, 1.165) is 36.4 Å². The SMILES string of the molecule is CCC(C)=NO[Si](C)(O/N=C(\C)CC)O/N=C(\C)CC. The van der Waals surface area contributed by atoms with Crippen LogP contribution in [0.2, 0.25) is 6.55 Å². The molecule has 0 saturated carbocycles. The zero-order valence-corrected chi connectivity index (χ0v) is 14.7. The first-order valence-corrected chi connectivity index (χ1v) is 9.24. The van der Waals surface area contributed by atoms with E-state index in [-0.39, 0.29) is 0 Å². The summed E-state index contributed by atoms with van der Waals surface area (Å²) in [7, 11) is -3.05. The molecule has 6 nitrogen and oxygen atoms in total. The third-order valence-electron chi connectivity index (χ3n) is 2.64. The normalized spacial score (nSPS) is 14.2. The van der Waals surface area contributed by atoms with Crippen LogP contribution in [0, 0.1) is 0 Å². The molecule has 0 heterocycles. The Bertz CT molecular complexity index is 326. The van der Waals surface area contributed by atoms with Gasteiger partial charge >= 0.3 is 8.80 Å². The van der Waals surface area contributed by atoms with Gasteiger partial charge in [-0.2, -0.15) is 0 Å². The van der Waals surface area contributed by atoms with Crippen molar-refractivity contribution in [3.05, 3.63) is 0 Å². The second kappa shape index (κ2) is 9.52. The quantitative estimate of drug-likeness (QED) is 0.368. The van der Waals surface area contributed by atoms with E-state index in [2.05, 4.69) is 15.5 Å². The van der Waals surface area contributed by atoms with Crippen molar-refractivity contribution in [1.29, 1.82) is 0 Å². The summed E-state index contributed by atoms with van der Waals surface area (Å²) < 4.78 is 16.3. The van der Waals surface area contributed by atoms with E-state index in [9.17, 15) is 0 Å². The van der Waals surface area contributed by atoms with Crippen LogP contribution in [0.4, 0.5) is 0 Å².